The average molecular weight is 208 g/mol. The van der Waals surface area contributed by atoms with Crippen LogP contribution in [0, 0.1) is 0 Å². The van der Waals surface area contributed by atoms with Crippen molar-refractivity contribution in [3.05, 3.63) is 11.9 Å². The van der Waals surface area contributed by atoms with Crippen LogP contribution in [0.4, 0.5) is 11.6 Å². The largest absolute Gasteiger partial charge is 0.384 e. The van der Waals surface area contributed by atoms with E-state index >= 15 is 0 Å². The maximum absolute atomic E-state index is 5.76. The van der Waals surface area contributed by atoms with Gasteiger partial charge >= 0.3 is 0 Å². The van der Waals surface area contributed by atoms with E-state index in [0.29, 0.717) is 17.8 Å². The molecule has 0 aliphatic heterocycles. The Bertz CT molecular complexity index is 333. The molecule has 0 bridgehead atoms. The summed E-state index contributed by atoms with van der Waals surface area (Å²) in [5, 5.41) is 0. The molecule has 0 saturated carbocycles. The summed E-state index contributed by atoms with van der Waals surface area (Å²) in [6.45, 7) is 8.36. The van der Waals surface area contributed by atoms with Gasteiger partial charge in [-0.25, -0.2) is 9.97 Å². The lowest BCUT2D eigenvalue weighted by atomic mass is 10.2. The van der Waals surface area contributed by atoms with E-state index < -0.39 is 0 Å². The van der Waals surface area contributed by atoms with E-state index in [1.165, 1.54) is 0 Å². The SMILES string of the molecule is CC(C)c1nc(N)cc(N(C)C(C)C)n1. The summed E-state index contributed by atoms with van der Waals surface area (Å²) in [6.07, 6.45) is 0. The highest BCUT2D eigenvalue weighted by molar-refractivity contribution is 5.47. The molecule has 0 fully saturated rings. The number of hydrogen-bond donors (Lipinski definition) is 1. The lowest BCUT2D eigenvalue weighted by Gasteiger charge is -2.23. The van der Waals surface area contributed by atoms with E-state index in [0.717, 1.165) is 11.6 Å². The van der Waals surface area contributed by atoms with Crippen molar-refractivity contribution in [2.24, 2.45) is 0 Å². The summed E-state index contributed by atoms with van der Waals surface area (Å²) >= 11 is 0. The number of hydrogen-bond acceptors (Lipinski definition) is 4. The standard InChI is InChI=1S/C11H20N4/c1-7(2)11-13-9(12)6-10(14-11)15(5)8(3)4/h6-8H,1-5H3,(H2,12,13,14). The lowest BCUT2D eigenvalue weighted by Crippen LogP contribution is -2.27. The van der Waals surface area contributed by atoms with Crippen LogP contribution in [0.5, 0.6) is 0 Å². The summed E-state index contributed by atoms with van der Waals surface area (Å²) in [5.41, 5.74) is 5.76. The number of rotatable bonds is 3. The minimum absolute atomic E-state index is 0.299. The van der Waals surface area contributed by atoms with Crippen molar-refractivity contribution >= 4 is 11.6 Å². The average Bonchev–Trinajstić information content (AvgIpc) is 2.15. The minimum Gasteiger partial charge on any atom is -0.384 e. The Morgan fingerprint density at radius 2 is 1.80 bits per heavy atom. The first-order valence-corrected chi connectivity index (χ1v) is 5.29. The van der Waals surface area contributed by atoms with Crippen LogP contribution in [0.15, 0.2) is 6.07 Å². The first-order valence-electron chi connectivity index (χ1n) is 5.29. The van der Waals surface area contributed by atoms with E-state index in [2.05, 4.69) is 42.6 Å². The molecule has 0 atom stereocenters. The van der Waals surface area contributed by atoms with Crippen LogP contribution in [0.2, 0.25) is 0 Å². The molecule has 0 amide bonds. The Kier molecular flexibility index (Phi) is 3.50. The molecule has 4 nitrogen and oxygen atoms in total. The van der Waals surface area contributed by atoms with Gasteiger partial charge in [-0.15, -0.1) is 0 Å². The van der Waals surface area contributed by atoms with Gasteiger partial charge in [0.1, 0.15) is 17.5 Å². The highest BCUT2D eigenvalue weighted by Crippen LogP contribution is 2.18. The van der Waals surface area contributed by atoms with Crippen molar-refractivity contribution in [2.75, 3.05) is 17.7 Å². The molecule has 1 aromatic heterocycles. The van der Waals surface area contributed by atoms with Crippen LogP contribution in [-0.4, -0.2) is 23.1 Å². The predicted octanol–water partition coefficient (Wildman–Crippen LogP) is 2.03. The molecule has 2 N–H and O–H groups in total. The summed E-state index contributed by atoms with van der Waals surface area (Å²) in [6, 6.07) is 2.21. The second-order valence-electron chi connectivity index (χ2n) is 4.37. The molecule has 4 heteroatoms. The van der Waals surface area contributed by atoms with Gasteiger partial charge in [-0.3, -0.25) is 0 Å². The van der Waals surface area contributed by atoms with Crippen molar-refractivity contribution in [3.63, 3.8) is 0 Å². The molecule has 15 heavy (non-hydrogen) atoms. The molecule has 0 aliphatic carbocycles. The summed E-state index contributed by atoms with van der Waals surface area (Å²) < 4.78 is 0. The molecular weight excluding hydrogens is 188 g/mol. The summed E-state index contributed by atoms with van der Waals surface area (Å²) in [5.74, 6) is 2.53. The van der Waals surface area contributed by atoms with Crippen molar-refractivity contribution < 1.29 is 0 Å². The first-order chi connectivity index (χ1) is 6.91. The number of nitrogens with zero attached hydrogens (tertiary/aromatic N) is 3. The smallest absolute Gasteiger partial charge is 0.135 e. The van der Waals surface area contributed by atoms with Crippen LogP contribution in [0.3, 0.4) is 0 Å². The zero-order valence-electron chi connectivity index (χ0n) is 10.2. The molecular formula is C11H20N4. The molecule has 0 spiro atoms. The fourth-order valence-corrected chi connectivity index (χ4v) is 1.17. The first kappa shape index (κ1) is 11.8. The number of nitrogens with two attached hydrogens (primary N) is 1. The second-order valence-corrected chi connectivity index (χ2v) is 4.37. The third kappa shape index (κ3) is 2.81. The molecule has 0 unspecified atom stereocenters. The fourth-order valence-electron chi connectivity index (χ4n) is 1.17. The van der Waals surface area contributed by atoms with E-state index in [4.69, 9.17) is 5.73 Å². The zero-order valence-corrected chi connectivity index (χ0v) is 10.2. The fraction of sp³-hybridized carbons (Fsp3) is 0.636. The number of anilines is 2. The third-order valence-electron chi connectivity index (χ3n) is 2.40. The number of aromatic nitrogens is 2. The second kappa shape index (κ2) is 4.47. The van der Waals surface area contributed by atoms with Crippen LogP contribution >= 0.6 is 0 Å². The lowest BCUT2D eigenvalue weighted by molar-refractivity contribution is 0.720. The van der Waals surface area contributed by atoms with Gasteiger partial charge in [-0.05, 0) is 13.8 Å². The van der Waals surface area contributed by atoms with Gasteiger partial charge in [-0.2, -0.15) is 0 Å². The Labute approximate surface area is 91.5 Å². The van der Waals surface area contributed by atoms with Crippen molar-refractivity contribution in [2.45, 2.75) is 39.7 Å². The monoisotopic (exact) mass is 208 g/mol. The van der Waals surface area contributed by atoms with Gasteiger partial charge in [0.05, 0.1) is 0 Å². The van der Waals surface area contributed by atoms with Crippen LogP contribution < -0.4 is 10.6 Å². The molecule has 0 aliphatic rings. The molecule has 1 aromatic rings. The quantitative estimate of drug-likeness (QED) is 0.825. The minimum atomic E-state index is 0.299. The highest BCUT2D eigenvalue weighted by atomic mass is 15.2. The molecule has 84 valence electrons. The van der Waals surface area contributed by atoms with Gasteiger partial charge in [0, 0.05) is 25.1 Å². The molecule has 1 heterocycles. The number of nitrogen functional groups attached to an aromatic ring is 1. The van der Waals surface area contributed by atoms with Crippen LogP contribution in [0.1, 0.15) is 39.4 Å². The van der Waals surface area contributed by atoms with E-state index in [1.807, 2.05) is 13.1 Å². The Morgan fingerprint density at radius 3 is 2.27 bits per heavy atom. The predicted molar refractivity (Wildman–Crippen MR) is 64.1 cm³/mol. The molecule has 0 aromatic carbocycles. The van der Waals surface area contributed by atoms with Gasteiger partial charge < -0.3 is 10.6 Å². The summed E-state index contributed by atoms with van der Waals surface area (Å²) in [4.78, 5) is 10.8. The van der Waals surface area contributed by atoms with E-state index in [1.54, 1.807) is 0 Å². The Hall–Kier alpha value is -1.32. The normalized spacial score (nSPS) is 11.1. The topological polar surface area (TPSA) is 55.0 Å². The zero-order chi connectivity index (χ0) is 11.6. The maximum atomic E-state index is 5.76. The van der Waals surface area contributed by atoms with Crippen LogP contribution in [-0.2, 0) is 0 Å². The Balaban J connectivity index is 3.09. The van der Waals surface area contributed by atoms with Gasteiger partial charge in [-0.1, -0.05) is 13.8 Å². The van der Waals surface area contributed by atoms with Crippen molar-refractivity contribution in [1.29, 1.82) is 0 Å². The van der Waals surface area contributed by atoms with Crippen molar-refractivity contribution in [3.8, 4) is 0 Å². The molecule has 1 rings (SSSR count). The van der Waals surface area contributed by atoms with E-state index in [-0.39, 0.29) is 0 Å². The van der Waals surface area contributed by atoms with Gasteiger partial charge in [0.2, 0.25) is 0 Å². The van der Waals surface area contributed by atoms with Crippen molar-refractivity contribution in [1.82, 2.24) is 9.97 Å². The highest BCUT2D eigenvalue weighted by Gasteiger charge is 2.11. The maximum Gasteiger partial charge on any atom is 0.135 e. The molecule has 0 saturated heterocycles. The van der Waals surface area contributed by atoms with Gasteiger partial charge in [0.15, 0.2) is 0 Å². The van der Waals surface area contributed by atoms with Crippen LogP contribution in [0.25, 0.3) is 0 Å². The molecule has 0 radical (unpaired) electrons. The third-order valence-corrected chi connectivity index (χ3v) is 2.40. The van der Waals surface area contributed by atoms with Gasteiger partial charge in [0.25, 0.3) is 0 Å². The summed E-state index contributed by atoms with van der Waals surface area (Å²) in [7, 11) is 2.01. The van der Waals surface area contributed by atoms with E-state index in [9.17, 15) is 0 Å². The Morgan fingerprint density at radius 1 is 1.20 bits per heavy atom.